The van der Waals surface area contributed by atoms with Crippen molar-refractivity contribution in [3.63, 3.8) is 0 Å². The maximum Gasteiger partial charge on any atom is 0.137 e. The normalized spacial score (nSPS) is 25.6. The Labute approximate surface area is 119 Å². The zero-order valence-corrected chi connectivity index (χ0v) is 12.9. The molecule has 3 heteroatoms. The first-order chi connectivity index (χ1) is 8.15. The molecule has 1 aromatic rings. The fraction of sp³-hybridized carbons (Fsp3) is 0.571. The van der Waals surface area contributed by atoms with Crippen LogP contribution < -0.4 is 0 Å². The molecular formula is C14H17Br2F. The third kappa shape index (κ3) is 4.06. The molecule has 17 heavy (non-hydrogen) atoms. The molecule has 1 saturated carbocycles. The maximum absolute atomic E-state index is 13.1. The van der Waals surface area contributed by atoms with Crippen LogP contribution in [0.4, 0.5) is 4.39 Å². The van der Waals surface area contributed by atoms with Crippen LogP contribution >= 0.6 is 31.9 Å². The Morgan fingerprint density at radius 3 is 2.76 bits per heavy atom. The summed E-state index contributed by atoms with van der Waals surface area (Å²) in [5.74, 6) is 0.562. The predicted molar refractivity (Wildman–Crippen MR) is 77.1 cm³/mol. The van der Waals surface area contributed by atoms with E-state index in [1.54, 1.807) is 6.07 Å². The monoisotopic (exact) mass is 362 g/mol. The second-order valence-corrected chi connectivity index (χ2v) is 7.09. The van der Waals surface area contributed by atoms with Gasteiger partial charge < -0.3 is 0 Å². The van der Waals surface area contributed by atoms with Crippen LogP contribution in [0.1, 0.15) is 37.7 Å². The molecule has 0 nitrogen and oxygen atoms in total. The highest BCUT2D eigenvalue weighted by molar-refractivity contribution is 9.10. The molecule has 0 aromatic heterocycles. The van der Waals surface area contributed by atoms with Crippen LogP contribution in [0.25, 0.3) is 0 Å². The van der Waals surface area contributed by atoms with Gasteiger partial charge in [-0.05, 0) is 58.8 Å². The first-order valence-electron chi connectivity index (χ1n) is 6.23. The summed E-state index contributed by atoms with van der Waals surface area (Å²) in [5.41, 5.74) is 1.24. The molecule has 1 aromatic carbocycles. The van der Waals surface area contributed by atoms with Gasteiger partial charge in [0.2, 0.25) is 0 Å². The second kappa shape index (κ2) is 6.33. The van der Waals surface area contributed by atoms with Gasteiger partial charge in [-0.25, -0.2) is 4.39 Å². The summed E-state index contributed by atoms with van der Waals surface area (Å²) >= 11 is 7.00. The van der Waals surface area contributed by atoms with Gasteiger partial charge in [0.25, 0.3) is 0 Å². The first-order valence-corrected chi connectivity index (χ1v) is 7.94. The zero-order chi connectivity index (χ0) is 12.3. The molecule has 0 N–H and O–H groups in total. The Morgan fingerprint density at radius 2 is 2.00 bits per heavy atom. The molecule has 0 radical (unpaired) electrons. The van der Waals surface area contributed by atoms with E-state index in [4.69, 9.17) is 0 Å². The fourth-order valence-electron chi connectivity index (χ4n) is 2.58. The van der Waals surface area contributed by atoms with Gasteiger partial charge in [0.15, 0.2) is 0 Å². The maximum atomic E-state index is 13.1. The van der Waals surface area contributed by atoms with Crippen LogP contribution in [0.15, 0.2) is 22.7 Å². The smallest absolute Gasteiger partial charge is 0.137 e. The zero-order valence-electron chi connectivity index (χ0n) is 9.76. The van der Waals surface area contributed by atoms with Gasteiger partial charge in [-0.15, -0.1) is 0 Å². The van der Waals surface area contributed by atoms with Crippen molar-refractivity contribution in [1.29, 1.82) is 0 Å². The van der Waals surface area contributed by atoms with Gasteiger partial charge in [0, 0.05) is 4.83 Å². The van der Waals surface area contributed by atoms with Gasteiger partial charge >= 0.3 is 0 Å². The minimum absolute atomic E-state index is 0.173. The minimum Gasteiger partial charge on any atom is -0.206 e. The fourth-order valence-corrected chi connectivity index (χ4v) is 3.86. The molecular weight excluding hydrogens is 347 g/mol. The summed E-state index contributed by atoms with van der Waals surface area (Å²) in [6.07, 6.45) is 7.57. The lowest BCUT2D eigenvalue weighted by atomic mass is 9.92. The molecule has 1 aliphatic carbocycles. The number of alkyl halides is 1. The SMILES string of the molecule is Fc1ccc(CC2CCCCC(Br)C2)cc1Br. The molecule has 0 saturated heterocycles. The molecule has 2 unspecified atom stereocenters. The van der Waals surface area contributed by atoms with Crippen molar-refractivity contribution in [1.82, 2.24) is 0 Å². The van der Waals surface area contributed by atoms with E-state index in [1.165, 1.54) is 37.7 Å². The average Bonchev–Trinajstić information content (AvgIpc) is 2.48. The summed E-state index contributed by atoms with van der Waals surface area (Å²) in [6.45, 7) is 0. The van der Waals surface area contributed by atoms with Crippen LogP contribution in [0.2, 0.25) is 0 Å². The van der Waals surface area contributed by atoms with Crippen molar-refractivity contribution in [2.45, 2.75) is 43.4 Å². The van der Waals surface area contributed by atoms with E-state index in [1.807, 2.05) is 12.1 Å². The summed E-state index contributed by atoms with van der Waals surface area (Å²) in [6, 6.07) is 5.39. The van der Waals surface area contributed by atoms with Crippen molar-refractivity contribution in [2.75, 3.05) is 0 Å². The molecule has 2 atom stereocenters. The van der Waals surface area contributed by atoms with E-state index in [2.05, 4.69) is 31.9 Å². The Morgan fingerprint density at radius 1 is 1.24 bits per heavy atom. The molecule has 0 aliphatic heterocycles. The molecule has 0 spiro atoms. The summed E-state index contributed by atoms with van der Waals surface area (Å²) in [4.78, 5) is 0.666. The number of rotatable bonds is 2. The van der Waals surface area contributed by atoms with Crippen LogP contribution in [-0.2, 0) is 6.42 Å². The molecule has 0 bridgehead atoms. The quantitative estimate of drug-likeness (QED) is 0.482. The van der Waals surface area contributed by atoms with E-state index in [0.717, 1.165) is 12.3 Å². The first kappa shape index (κ1) is 13.5. The van der Waals surface area contributed by atoms with Crippen molar-refractivity contribution >= 4 is 31.9 Å². The van der Waals surface area contributed by atoms with Gasteiger partial charge in [-0.3, -0.25) is 0 Å². The highest BCUT2D eigenvalue weighted by atomic mass is 79.9. The highest BCUT2D eigenvalue weighted by Gasteiger charge is 2.18. The third-order valence-corrected chi connectivity index (χ3v) is 4.92. The largest absolute Gasteiger partial charge is 0.206 e. The average molecular weight is 364 g/mol. The topological polar surface area (TPSA) is 0 Å². The predicted octanol–water partition coefficient (Wildman–Crippen LogP) is 5.47. The van der Waals surface area contributed by atoms with Gasteiger partial charge in [-0.1, -0.05) is 41.3 Å². The number of benzene rings is 1. The Kier molecular flexibility index (Phi) is 5.04. The molecule has 94 valence electrons. The van der Waals surface area contributed by atoms with E-state index < -0.39 is 0 Å². The summed E-state index contributed by atoms with van der Waals surface area (Å²) < 4.78 is 13.7. The Hall–Kier alpha value is 0.110. The lowest BCUT2D eigenvalue weighted by Gasteiger charge is -2.16. The van der Waals surface area contributed by atoms with Crippen LogP contribution in [-0.4, -0.2) is 4.83 Å². The summed E-state index contributed by atoms with van der Waals surface area (Å²) in [7, 11) is 0. The lowest BCUT2D eigenvalue weighted by Crippen LogP contribution is -2.08. The molecule has 0 amide bonds. The summed E-state index contributed by atoms with van der Waals surface area (Å²) in [5, 5.41) is 0. The number of hydrogen-bond donors (Lipinski definition) is 0. The second-order valence-electron chi connectivity index (χ2n) is 4.94. The van der Waals surface area contributed by atoms with E-state index in [-0.39, 0.29) is 5.82 Å². The third-order valence-electron chi connectivity index (χ3n) is 3.48. The van der Waals surface area contributed by atoms with Gasteiger partial charge in [-0.2, -0.15) is 0 Å². The standard InChI is InChI=1S/C14H17Br2F/c15-12-4-2-1-3-10(8-12)7-11-5-6-14(17)13(16)9-11/h5-6,9-10,12H,1-4,7-8H2. The van der Waals surface area contributed by atoms with Crippen LogP contribution in [0, 0.1) is 11.7 Å². The van der Waals surface area contributed by atoms with Crippen LogP contribution in [0.5, 0.6) is 0 Å². The number of halogens is 3. The van der Waals surface area contributed by atoms with E-state index in [0.29, 0.717) is 9.30 Å². The van der Waals surface area contributed by atoms with Crippen molar-refractivity contribution in [3.8, 4) is 0 Å². The van der Waals surface area contributed by atoms with Crippen molar-refractivity contribution in [2.24, 2.45) is 5.92 Å². The van der Waals surface area contributed by atoms with Gasteiger partial charge in [0.05, 0.1) is 4.47 Å². The highest BCUT2D eigenvalue weighted by Crippen LogP contribution is 2.30. The molecule has 1 fully saturated rings. The van der Waals surface area contributed by atoms with Crippen molar-refractivity contribution < 1.29 is 4.39 Å². The Balaban J connectivity index is 2.01. The van der Waals surface area contributed by atoms with E-state index in [9.17, 15) is 4.39 Å². The van der Waals surface area contributed by atoms with E-state index >= 15 is 0 Å². The molecule has 1 aliphatic rings. The van der Waals surface area contributed by atoms with Crippen LogP contribution in [0.3, 0.4) is 0 Å². The lowest BCUT2D eigenvalue weighted by molar-refractivity contribution is 0.463. The van der Waals surface area contributed by atoms with Crippen molar-refractivity contribution in [3.05, 3.63) is 34.1 Å². The molecule has 2 rings (SSSR count). The minimum atomic E-state index is -0.173. The number of hydrogen-bond acceptors (Lipinski definition) is 0. The Bertz CT molecular complexity index is 378. The molecule has 0 heterocycles. The van der Waals surface area contributed by atoms with Gasteiger partial charge in [0.1, 0.15) is 5.82 Å².